The van der Waals surface area contributed by atoms with Crippen LogP contribution in [0.3, 0.4) is 0 Å². The van der Waals surface area contributed by atoms with Gasteiger partial charge in [0.05, 0.1) is 12.9 Å². The van der Waals surface area contributed by atoms with Crippen molar-refractivity contribution in [1.29, 1.82) is 0 Å². The number of methoxy groups -OCH3 is 1. The van der Waals surface area contributed by atoms with Gasteiger partial charge in [-0.15, -0.1) is 0 Å². The quantitative estimate of drug-likeness (QED) is 0.525. The van der Waals surface area contributed by atoms with Crippen LogP contribution in [0.5, 0.6) is 0 Å². The number of esters is 1. The number of rotatable bonds is 8. The Morgan fingerprint density at radius 3 is 2.39 bits per heavy atom. The third kappa shape index (κ3) is 7.23. The van der Waals surface area contributed by atoms with Crippen LogP contribution in [0.1, 0.15) is 20.8 Å². The minimum atomic E-state index is -2.95. The lowest BCUT2D eigenvalue weighted by molar-refractivity contribution is -0.147. The molecule has 0 aliphatic carbocycles. The average Bonchev–Trinajstić information content (AvgIpc) is 2.21. The third-order valence-electron chi connectivity index (χ3n) is 2.23. The maximum Gasteiger partial charge on any atom is 0.326 e. The highest BCUT2D eigenvalue weighted by Crippen LogP contribution is 2.16. The molecule has 0 aliphatic heterocycles. The first-order valence-electron chi connectivity index (χ1n) is 5.72. The predicted molar refractivity (Wildman–Crippen MR) is 75.7 cm³/mol. The Morgan fingerprint density at radius 1 is 1.44 bits per heavy atom. The SMILES string of the molecule is COC(=O)C(C)(CSCCS(C)(=O)=O)NC(C)C. The Balaban J connectivity index is 4.39. The number of carbonyl (C=O) groups is 1. The summed E-state index contributed by atoms with van der Waals surface area (Å²) in [5.41, 5.74) is -0.787. The summed E-state index contributed by atoms with van der Waals surface area (Å²) in [5.74, 6) is 0.748. The summed E-state index contributed by atoms with van der Waals surface area (Å²) >= 11 is 1.43. The van der Waals surface area contributed by atoms with Gasteiger partial charge in [-0.1, -0.05) is 0 Å². The Bertz CT molecular complexity index is 367. The second-order valence-electron chi connectivity index (χ2n) is 4.81. The molecular formula is C11H23NO4S2. The normalized spacial score (nSPS) is 15.4. The van der Waals surface area contributed by atoms with Crippen molar-refractivity contribution < 1.29 is 17.9 Å². The van der Waals surface area contributed by atoms with Crippen molar-refractivity contribution in [2.24, 2.45) is 0 Å². The highest BCUT2D eigenvalue weighted by atomic mass is 32.2. The lowest BCUT2D eigenvalue weighted by Crippen LogP contribution is -2.55. The molecule has 0 rings (SSSR count). The molecule has 1 unspecified atom stereocenters. The van der Waals surface area contributed by atoms with Crippen molar-refractivity contribution in [3.8, 4) is 0 Å². The summed E-state index contributed by atoms with van der Waals surface area (Å²) in [5, 5.41) is 3.16. The van der Waals surface area contributed by atoms with E-state index in [0.29, 0.717) is 11.5 Å². The van der Waals surface area contributed by atoms with E-state index in [2.05, 4.69) is 5.32 Å². The average molecular weight is 297 g/mol. The molecule has 0 amide bonds. The number of thioether (sulfide) groups is 1. The molecule has 0 saturated carbocycles. The molecule has 0 aliphatic rings. The van der Waals surface area contributed by atoms with Gasteiger partial charge in [0.15, 0.2) is 0 Å². The Morgan fingerprint density at radius 2 is 2.00 bits per heavy atom. The Hall–Kier alpha value is -0.270. The van der Waals surface area contributed by atoms with Crippen LogP contribution in [0.15, 0.2) is 0 Å². The number of nitrogens with one attached hydrogen (secondary N) is 1. The maximum atomic E-state index is 11.7. The summed E-state index contributed by atoms with van der Waals surface area (Å²) in [6, 6.07) is 0.143. The first-order chi connectivity index (χ1) is 8.10. The van der Waals surface area contributed by atoms with Crippen LogP contribution in [-0.4, -0.2) is 56.6 Å². The topological polar surface area (TPSA) is 72.5 Å². The van der Waals surface area contributed by atoms with E-state index in [0.717, 1.165) is 0 Å². The molecule has 0 heterocycles. The molecule has 0 spiro atoms. The van der Waals surface area contributed by atoms with E-state index in [1.54, 1.807) is 6.92 Å². The Kier molecular flexibility index (Phi) is 7.24. The summed E-state index contributed by atoms with van der Waals surface area (Å²) in [4.78, 5) is 11.7. The van der Waals surface area contributed by atoms with E-state index < -0.39 is 15.4 Å². The predicted octanol–water partition coefficient (Wildman–Crippen LogP) is 0.694. The molecule has 0 radical (unpaired) electrons. The number of ether oxygens (including phenoxy) is 1. The van der Waals surface area contributed by atoms with Crippen LogP contribution in [0.2, 0.25) is 0 Å². The van der Waals surface area contributed by atoms with E-state index in [1.165, 1.54) is 25.1 Å². The monoisotopic (exact) mass is 297 g/mol. The van der Waals surface area contributed by atoms with Gasteiger partial charge in [0, 0.05) is 23.8 Å². The van der Waals surface area contributed by atoms with Gasteiger partial charge in [0.25, 0.3) is 0 Å². The van der Waals surface area contributed by atoms with Gasteiger partial charge in [-0.05, 0) is 20.8 Å². The van der Waals surface area contributed by atoms with Gasteiger partial charge in [-0.2, -0.15) is 11.8 Å². The lowest BCUT2D eigenvalue weighted by atomic mass is 10.0. The fraction of sp³-hybridized carbons (Fsp3) is 0.909. The van der Waals surface area contributed by atoms with Crippen LogP contribution in [0.4, 0.5) is 0 Å². The van der Waals surface area contributed by atoms with Crippen LogP contribution in [-0.2, 0) is 19.4 Å². The van der Waals surface area contributed by atoms with E-state index >= 15 is 0 Å². The molecule has 0 bridgehead atoms. The first kappa shape index (κ1) is 17.7. The summed E-state index contributed by atoms with van der Waals surface area (Å²) in [6.45, 7) is 5.66. The van der Waals surface area contributed by atoms with Crippen LogP contribution >= 0.6 is 11.8 Å². The van der Waals surface area contributed by atoms with Gasteiger partial charge in [-0.25, -0.2) is 8.42 Å². The number of hydrogen-bond donors (Lipinski definition) is 1. The van der Waals surface area contributed by atoms with Crippen molar-refractivity contribution >= 4 is 27.6 Å². The van der Waals surface area contributed by atoms with Crippen molar-refractivity contribution in [1.82, 2.24) is 5.32 Å². The van der Waals surface area contributed by atoms with Crippen LogP contribution in [0.25, 0.3) is 0 Å². The highest BCUT2D eigenvalue weighted by molar-refractivity contribution is 8.00. The summed E-state index contributed by atoms with van der Waals surface area (Å²) < 4.78 is 26.8. The summed E-state index contributed by atoms with van der Waals surface area (Å²) in [7, 11) is -1.60. The fourth-order valence-electron chi connectivity index (χ4n) is 1.51. The van der Waals surface area contributed by atoms with Crippen LogP contribution < -0.4 is 5.32 Å². The van der Waals surface area contributed by atoms with E-state index in [-0.39, 0.29) is 17.8 Å². The molecule has 1 atom stereocenters. The molecule has 5 nitrogen and oxygen atoms in total. The molecule has 0 aromatic carbocycles. The molecule has 0 aromatic rings. The molecular weight excluding hydrogens is 274 g/mol. The second-order valence-corrected chi connectivity index (χ2v) is 8.17. The highest BCUT2D eigenvalue weighted by Gasteiger charge is 2.34. The smallest absolute Gasteiger partial charge is 0.326 e. The number of sulfone groups is 1. The molecule has 0 saturated heterocycles. The number of carbonyl (C=O) groups excluding carboxylic acids is 1. The van der Waals surface area contributed by atoms with E-state index in [1.807, 2.05) is 13.8 Å². The Labute approximate surface area is 114 Å². The van der Waals surface area contributed by atoms with Gasteiger partial charge in [0.1, 0.15) is 15.4 Å². The summed E-state index contributed by atoms with van der Waals surface area (Å²) in [6.07, 6.45) is 1.21. The second kappa shape index (κ2) is 7.35. The molecule has 108 valence electrons. The van der Waals surface area contributed by atoms with Crippen molar-refractivity contribution in [3.05, 3.63) is 0 Å². The maximum absolute atomic E-state index is 11.7. The molecule has 18 heavy (non-hydrogen) atoms. The zero-order valence-electron chi connectivity index (χ0n) is 11.6. The number of hydrogen-bond acceptors (Lipinski definition) is 6. The van der Waals surface area contributed by atoms with Crippen molar-refractivity contribution in [2.75, 3.05) is 30.6 Å². The van der Waals surface area contributed by atoms with Crippen molar-refractivity contribution in [2.45, 2.75) is 32.4 Å². The largest absolute Gasteiger partial charge is 0.468 e. The van der Waals surface area contributed by atoms with E-state index in [9.17, 15) is 13.2 Å². The third-order valence-corrected chi connectivity index (χ3v) is 4.71. The van der Waals surface area contributed by atoms with Gasteiger partial charge < -0.3 is 4.74 Å². The van der Waals surface area contributed by atoms with Gasteiger partial charge in [0.2, 0.25) is 0 Å². The van der Waals surface area contributed by atoms with E-state index in [4.69, 9.17) is 4.74 Å². The fourth-order valence-corrected chi connectivity index (χ4v) is 3.94. The van der Waals surface area contributed by atoms with Gasteiger partial charge >= 0.3 is 5.97 Å². The van der Waals surface area contributed by atoms with Crippen LogP contribution in [0, 0.1) is 0 Å². The first-order valence-corrected chi connectivity index (χ1v) is 8.94. The molecule has 0 aromatic heterocycles. The lowest BCUT2D eigenvalue weighted by Gasteiger charge is -2.29. The minimum Gasteiger partial charge on any atom is -0.468 e. The zero-order valence-corrected chi connectivity index (χ0v) is 13.3. The molecule has 7 heteroatoms. The zero-order chi connectivity index (χ0) is 14.4. The molecule has 0 fully saturated rings. The standard InChI is InChI=1S/C11H23NO4S2/c1-9(2)12-11(3,10(13)16-4)8-17-6-7-18(5,14)15/h9,12H,6-8H2,1-5H3. The van der Waals surface area contributed by atoms with Crippen molar-refractivity contribution in [3.63, 3.8) is 0 Å². The van der Waals surface area contributed by atoms with Gasteiger partial charge in [-0.3, -0.25) is 10.1 Å². The minimum absolute atomic E-state index is 0.122. The molecule has 1 N–H and O–H groups in total.